The zero-order valence-corrected chi connectivity index (χ0v) is 17.3. The summed E-state index contributed by atoms with van der Waals surface area (Å²) < 4.78 is 0. The highest BCUT2D eigenvalue weighted by molar-refractivity contribution is 5.63. The van der Waals surface area contributed by atoms with Gasteiger partial charge in [0.15, 0.2) is 17.2 Å². The van der Waals surface area contributed by atoms with Crippen molar-refractivity contribution in [1.29, 1.82) is 5.26 Å². The number of aromatic nitrogens is 4. The van der Waals surface area contributed by atoms with Crippen LogP contribution < -0.4 is 16.4 Å². The van der Waals surface area contributed by atoms with Crippen LogP contribution in [0.15, 0.2) is 18.5 Å². The summed E-state index contributed by atoms with van der Waals surface area (Å²) in [6, 6.07) is 4.19. The van der Waals surface area contributed by atoms with Crippen LogP contribution in [0.25, 0.3) is 0 Å². The molecule has 2 aliphatic rings. The Labute approximate surface area is 181 Å². The van der Waals surface area contributed by atoms with Crippen molar-refractivity contribution in [2.75, 3.05) is 10.6 Å². The Hall–Kier alpha value is -3.27. The quantitative estimate of drug-likeness (QED) is 0.536. The standard InChI is InChI=1S/C22H26N8O/c23-11-17-12-26-22(13-25-17)28-21-10-19(27-16-6-5-15(24)9-16)18(29-30-21)7-8-20(31)14-3-1-2-4-14/h10,12-16,20,31H,1-6,9,24H2,(H2,26,27,28,30). The molecule has 2 aromatic heterocycles. The van der Waals surface area contributed by atoms with Gasteiger partial charge < -0.3 is 21.5 Å². The number of hydrogen-bond acceptors (Lipinski definition) is 9. The van der Waals surface area contributed by atoms with Gasteiger partial charge in [0.1, 0.15) is 18.0 Å². The Morgan fingerprint density at radius 1 is 1.10 bits per heavy atom. The highest BCUT2D eigenvalue weighted by Gasteiger charge is 2.23. The third-order valence-corrected chi connectivity index (χ3v) is 5.83. The second-order valence-electron chi connectivity index (χ2n) is 8.19. The van der Waals surface area contributed by atoms with E-state index in [1.807, 2.05) is 12.1 Å². The maximum atomic E-state index is 10.4. The molecule has 3 unspecified atom stereocenters. The molecule has 0 radical (unpaired) electrons. The van der Waals surface area contributed by atoms with Crippen molar-refractivity contribution in [2.45, 2.75) is 63.1 Å². The van der Waals surface area contributed by atoms with E-state index < -0.39 is 6.10 Å². The number of rotatable bonds is 5. The lowest BCUT2D eigenvalue weighted by Gasteiger charge is -2.16. The SMILES string of the molecule is N#Cc1cnc(Nc2cc(NC3CCC(N)C3)c(C#CC(O)C3CCCC3)nn2)cn1. The Bertz CT molecular complexity index is 1000. The number of nitrogens with two attached hydrogens (primary N) is 1. The molecule has 2 heterocycles. The zero-order chi connectivity index (χ0) is 21.6. The molecule has 4 rings (SSSR count). The minimum atomic E-state index is -0.649. The summed E-state index contributed by atoms with van der Waals surface area (Å²) in [4.78, 5) is 8.15. The molecule has 31 heavy (non-hydrogen) atoms. The molecule has 0 saturated heterocycles. The molecule has 160 valence electrons. The number of nitrogens with one attached hydrogen (secondary N) is 2. The molecule has 2 aliphatic carbocycles. The molecule has 2 aromatic rings. The first-order valence-corrected chi connectivity index (χ1v) is 10.7. The van der Waals surface area contributed by atoms with Gasteiger partial charge in [0.2, 0.25) is 0 Å². The van der Waals surface area contributed by atoms with Gasteiger partial charge >= 0.3 is 0 Å². The lowest BCUT2D eigenvalue weighted by Crippen LogP contribution is -2.21. The van der Waals surface area contributed by atoms with Crippen molar-refractivity contribution in [3.63, 3.8) is 0 Å². The average Bonchev–Trinajstić information content (AvgIpc) is 3.46. The Balaban J connectivity index is 1.55. The maximum Gasteiger partial charge on any atom is 0.159 e. The van der Waals surface area contributed by atoms with E-state index in [4.69, 9.17) is 11.0 Å². The van der Waals surface area contributed by atoms with Crippen molar-refractivity contribution in [1.82, 2.24) is 20.2 Å². The molecule has 9 heteroatoms. The van der Waals surface area contributed by atoms with E-state index in [9.17, 15) is 5.11 Å². The summed E-state index contributed by atoms with van der Waals surface area (Å²) in [5, 5.41) is 34.3. The summed E-state index contributed by atoms with van der Waals surface area (Å²) in [6.07, 6.45) is 9.37. The monoisotopic (exact) mass is 418 g/mol. The van der Waals surface area contributed by atoms with E-state index in [1.165, 1.54) is 12.4 Å². The fourth-order valence-electron chi connectivity index (χ4n) is 4.14. The number of nitriles is 1. The molecule has 0 aliphatic heterocycles. The first-order valence-electron chi connectivity index (χ1n) is 10.7. The Kier molecular flexibility index (Phi) is 6.56. The van der Waals surface area contributed by atoms with Crippen LogP contribution in [0.4, 0.5) is 17.3 Å². The molecule has 3 atom stereocenters. The van der Waals surface area contributed by atoms with Crippen LogP contribution in [0.1, 0.15) is 56.3 Å². The van der Waals surface area contributed by atoms with Crippen molar-refractivity contribution >= 4 is 17.3 Å². The molecule has 9 nitrogen and oxygen atoms in total. The molecule has 5 N–H and O–H groups in total. The van der Waals surface area contributed by atoms with Crippen LogP contribution in [-0.2, 0) is 0 Å². The van der Waals surface area contributed by atoms with Gasteiger partial charge in [0, 0.05) is 18.2 Å². The predicted molar refractivity (Wildman–Crippen MR) is 116 cm³/mol. The summed E-state index contributed by atoms with van der Waals surface area (Å²) in [6.45, 7) is 0. The van der Waals surface area contributed by atoms with Gasteiger partial charge in [0.25, 0.3) is 0 Å². The van der Waals surface area contributed by atoms with Crippen LogP contribution in [0, 0.1) is 29.1 Å². The fraction of sp³-hybridized carbons (Fsp3) is 0.500. The second-order valence-corrected chi connectivity index (χ2v) is 8.19. The second kappa shape index (κ2) is 9.69. The largest absolute Gasteiger partial charge is 0.380 e. The molecular weight excluding hydrogens is 392 g/mol. The topological polar surface area (TPSA) is 146 Å². The smallest absolute Gasteiger partial charge is 0.159 e. The molecule has 0 amide bonds. The van der Waals surface area contributed by atoms with E-state index in [2.05, 4.69) is 42.6 Å². The minimum absolute atomic E-state index is 0.192. The first-order chi connectivity index (χ1) is 15.1. The van der Waals surface area contributed by atoms with E-state index in [0.717, 1.165) is 50.6 Å². The Morgan fingerprint density at radius 3 is 2.61 bits per heavy atom. The molecule has 0 spiro atoms. The van der Waals surface area contributed by atoms with Gasteiger partial charge in [-0.25, -0.2) is 9.97 Å². The third kappa shape index (κ3) is 5.46. The van der Waals surface area contributed by atoms with Gasteiger partial charge in [-0.3, -0.25) is 0 Å². The van der Waals surface area contributed by atoms with Gasteiger partial charge in [0.05, 0.1) is 18.1 Å². The van der Waals surface area contributed by atoms with Gasteiger partial charge in [-0.05, 0) is 43.9 Å². The average molecular weight is 419 g/mol. The Morgan fingerprint density at radius 2 is 1.94 bits per heavy atom. The highest BCUT2D eigenvalue weighted by Crippen LogP contribution is 2.28. The molecule has 0 aromatic carbocycles. The number of nitrogens with zero attached hydrogens (tertiary/aromatic N) is 5. The summed E-state index contributed by atoms with van der Waals surface area (Å²) in [5.41, 5.74) is 7.53. The van der Waals surface area contributed by atoms with Crippen LogP contribution in [-0.4, -0.2) is 43.5 Å². The van der Waals surface area contributed by atoms with E-state index >= 15 is 0 Å². The molecule has 2 saturated carbocycles. The van der Waals surface area contributed by atoms with Gasteiger partial charge in [-0.15, -0.1) is 10.2 Å². The minimum Gasteiger partial charge on any atom is -0.380 e. The number of aliphatic hydroxyl groups excluding tert-OH is 1. The highest BCUT2D eigenvalue weighted by atomic mass is 16.3. The predicted octanol–water partition coefficient (Wildman–Crippen LogP) is 2.08. The van der Waals surface area contributed by atoms with Gasteiger partial charge in [-0.1, -0.05) is 18.8 Å². The van der Waals surface area contributed by atoms with Crippen LogP contribution in [0.2, 0.25) is 0 Å². The summed E-state index contributed by atoms with van der Waals surface area (Å²) in [5.74, 6) is 7.15. The van der Waals surface area contributed by atoms with Gasteiger partial charge in [-0.2, -0.15) is 5.26 Å². The lowest BCUT2D eigenvalue weighted by atomic mass is 10.0. The summed E-state index contributed by atoms with van der Waals surface area (Å²) >= 11 is 0. The van der Waals surface area contributed by atoms with Crippen molar-refractivity contribution in [3.8, 4) is 17.9 Å². The number of anilines is 3. The number of aliphatic hydroxyl groups is 1. The van der Waals surface area contributed by atoms with E-state index in [1.54, 1.807) is 0 Å². The van der Waals surface area contributed by atoms with Crippen molar-refractivity contribution < 1.29 is 5.11 Å². The van der Waals surface area contributed by atoms with Crippen molar-refractivity contribution in [3.05, 3.63) is 29.8 Å². The van der Waals surface area contributed by atoms with Crippen LogP contribution in [0.5, 0.6) is 0 Å². The van der Waals surface area contributed by atoms with Crippen LogP contribution >= 0.6 is 0 Å². The molecule has 2 fully saturated rings. The molecular formula is C22H26N8O. The van der Waals surface area contributed by atoms with Crippen molar-refractivity contribution in [2.24, 2.45) is 11.7 Å². The lowest BCUT2D eigenvalue weighted by molar-refractivity contribution is 0.165. The summed E-state index contributed by atoms with van der Waals surface area (Å²) in [7, 11) is 0. The first kappa shape index (κ1) is 21.0. The fourth-order valence-corrected chi connectivity index (χ4v) is 4.14. The maximum absolute atomic E-state index is 10.4. The van der Waals surface area contributed by atoms with E-state index in [-0.39, 0.29) is 23.7 Å². The zero-order valence-electron chi connectivity index (χ0n) is 17.3. The third-order valence-electron chi connectivity index (χ3n) is 5.83. The normalized spacial score (nSPS) is 21.7. The number of hydrogen-bond donors (Lipinski definition) is 4. The van der Waals surface area contributed by atoms with E-state index in [0.29, 0.717) is 17.3 Å². The van der Waals surface area contributed by atoms with Crippen LogP contribution in [0.3, 0.4) is 0 Å². The molecule has 0 bridgehead atoms.